The van der Waals surface area contributed by atoms with Crippen LogP contribution in [0.3, 0.4) is 0 Å². The molecule has 0 saturated carbocycles. The number of benzene rings is 1. The lowest BCUT2D eigenvalue weighted by Gasteiger charge is -2.36. The molecular formula is C18H22N4O2. The lowest BCUT2D eigenvalue weighted by atomic mass is 10.2. The topological polar surface area (TPSA) is 68.7 Å². The van der Waals surface area contributed by atoms with Gasteiger partial charge in [-0.05, 0) is 36.2 Å². The van der Waals surface area contributed by atoms with E-state index in [0.717, 1.165) is 29.9 Å². The highest BCUT2D eigenvalue weighted by molar-refractivity contribution is 5.88. The second-order valence-electron chi connectivity index (χ2n) is 5.95. The van der Waals surface area contributed by atoms with Gasteiger partial charge in [-0.2, -0.15) is 0 Å². The van der Waals surface area contributed by atoms with Crippen LogP contribution in [0.4, 0.5) is 16.3 Å². The molecule has 1 aliphatic rings. The van der Waals surface area contributed by atoms with Crippen LogP contribution in [0.25, 0.3) is 0 Å². The second kappa shape index (κ2) is 7.31. The minimum Gasteiger partial charge on any atom is -0.392 e. The van der Waals surface area contributed by atoms with Crippen molar-refractivity contribution in [2.45, 2.75) is 13.5 Å². The number of piperazine rings is 1. The Morgan fingerprint density at radius 2 is 1.83 bits per heavy atom. The molecule has 1 fully saturated rings. The summed E-state index contributed by atoms with van der Waals surface area (Å²) >= 11 is 0. The van der Waals surface area contributed by atoms with Crippen molar-refractivity contribution in [3.63, 3.8) is 0 Å². The minimum atomic E-state index is -0.110. The fraction of sp³-hybridized carbons (Fsp3) is 0.333. The van der Waals surface area contributed by atoms with Gasteiger partial charge in [-0.1, -0.05) is 18.2 Å². The molecule has 1 aromatic heterocycles. The third-order valence-electron chi connectivity index (χ3n) is 4.20. The molecule has 0 bridgehead atoms. The number of hydrogen-bond acceptors (Lipinski definition) is 4. The average Bonchev–Trinajstić information content (AvgIpc) is 2.64. The number of rotatable bonds is 3. The monoisotopic (exact) mass is 326 g/mol. The molecule has 3 rings (SSSR count). The number of amides is 2. The fourth-order valence-electron chi connectivity index (χ4n) is 2.71. The summed E-state index contributed by atoms with van der Waals surface area (Å²) in [5, 5.41) is 11.9. The Balaban J connectivity index is 1.54. The van der Waals surface area contributed by atoms with Crippen LogP contribution in [0.15, 0.2) is 42.6 Å². The molecule has 2 heterocycles. The summed E-state index contributed by atoms with van der Waals surface area (Å²) < 4.78 is 0. The van der Waals surface area contributed by atoms with Gasteiger partial charge in [0.05, 0.1) is 6.61 Å². The molecule has 6 heteroatoms. The number of carbonyl (C=O) groups excluding carboxylic acids is 1. The summed E-state index contributed by atoms with van der Waals surface area (Å²) in [6.07, 6.45) is 1.74. The summed E-state index contributed by atoms with van der Waals surface area (Å²) in [5.74, 6) is 0.577. The number of hydrogen-bond donors (Lipinski definition) is 2. The van der Waals surface area contributed by atoms with Crippen molar-refractivity contribution in [2.75, 3.05) is 36.4 Å². The molecule has 0 unspecified atom stereocenters. The Labute approximate surface area is 141 Å². The maximum absolute atomic E-state index is 12.3. The number of carbonyl (C=O) groups is 1. The van der Waals surface area contributed by atoms with Gasteiger partial charge in [-0.3, -0.25) is 5.32 Å². The molecule has 1 saturated heterocycles. The van der Waals surface area contributed by atoms with E-state index in [1.807, 2.05) is 43.3 Å². The zero-order valence-electron chi connectivity index (χ0n) is 13.8. The van der Waals surface area contributed by atoms with E-state index in [-0.39, 0.29) is 12.6 Å². The maximum atomic E-state index is 12.3. The third kappa shape index (κ3) is 3.83. The van der Waals surface area contributed by atoms with E-state index in [0.29, 0.717) is 18.9 Å². The fourth-order valence-corrected chi connectivity index (χ4v) is 2.71. The quantitative estimate of drug-likeness (QED) is 0.908. The lowest BCUT2D eigenvalue weighted by Crippen LogP contribution is -2.50. The molecule has 1 aliphatic heterocycles. The van der Waals surface area contributed by atoms with Crippen molar-refractivity contribution < 1.29 is 9.90 Å². The number of aromatic nitrogens is 1. The molecule has 1 aromatic carbocycles. The molecule has 24 heavy (non-hydrogen) atoms. The summed E-state index contributed by atoms with van der Waals surface area (Å²) in [7, 11) is 0. The van der Waals surface area contributed by atoms with Crippen LogP contribution >= 0.6 is 0 Å². The third-order valence-corrected chi connectivity index (χ3v) is 4.20. The van der Waals surface area contributed by atoms with Crippen LogP contribution in [-0.2, 0) is 6.61 Å². The minimum absolute atomic E-state index is 0.0568. The molecule has 126 valence electrons. The second-order valence-corrected chi connectivity index (χ2v) is 5.95. The summed E-state index contributed by atoms with van der Waals surface area (Å²) in [4.78, 5) is 20.6. The van der Waals surface area contributed by atoms with Gasteiger partial charge >= 0.3 is 6.03 Å². The largest absolute Gasteiger partial charge is 0.392 e. The van der Waals surface area contributed by atoms with Crippen LogP contribution < -0.4 is 10.2 Å². The Bertz CT molecular complexity index is 677. The van der Waals surface area contributed by atoms with Gasteiger partial charge in [-0.15, -0.1) is 0 Å². The smallest absolute Gasteiger partial charge is 0.323 e. The normalized spacial score (nSPS) is 14.6. The van der Waals surface area contributed by atoms with Gasteiger partial charge in [0, 0.05) is 38.1 Å². The van der Waals surface area contributed by atoms with Crippen molar-refractivity contribution in [1.29, 1.82) is 0 Å². The molecule has 0 spiro atoms. The van der Waals surface area contributed by atoms with Crippen LogP contribution in [0.2, 0.25) is 0 Å². The molecule has 6 nitrogen and oxygen atoms in total. The summed E-state index contributed by atoms with van der Waals surface area (Å²) in [6.45, 7) is 4.92. The van der Waals surface area contributed by atoms with Crippen molar-refractivity contribution in [3.8, 4) is 0 Å². The number of nitrogens with one attached hydrogen (secondary N) is 1. The molecule has 0 radical (unpaired) electrons. The van der Waals surface area contributed by atoms with Crippen LogP contribution in [0.1, 0.15) is 11.1 Å². The molecule has 2 amide bonds. The SMILES string of the molecule is Cc1ccc(NC(=O)N2CCN(c3ccc(CO)cc3)CC2)nc1. The van der Waals surface area contributed by atoms with E-state index in [1.165, 1.54) is 0 Å². The molecule has 0 atom stereocenters. The number of aryl methyl sites for hydroxylation is 1. The lowest BCUT2D eigenvalue weighted by molar-refractivity contribution is 0.208. The van der Waals surface area contributed by atoms with E-state index in [2.05, 4.69) is 15.2 Å². The molecular weight excluding hydrogens is 304 g/mol. The highest BCUT2D eigenvalue weighted by Crippen LogP contribution is 2.18. The van der Waals surface area contributed by atoms with Gasteiger partial charge in [0.2, 0.25) is 0 Å². The first-order valence-electron chi connectivity index (χ1n) is 8.09. The first-order chi connectivity index (χ1) is 11.7. The van der Waals surface area contributed by atoms with Gasteiger partial charge in [0.25, 0.3) is 0 Å². The van der Waals surface area contributed by atoms with E-state index >= 15 is 0 Å². The van der Waals surface area contributed by atoms with Gasteiger partial charge in [0.15, 0.2) is 0 Å². The first kappa shape index (κ1) is 16.3. The summed E-state index contributed by atoms with van der Waals surface area (Å²) in [6, 6.07) is 11.5. The number of nitrogens with zero attached hydrogens (tertiary/aromatic N) is 3. The number of anilines is 2. The summed E-state index contributed by atoms with van der Waals surface area (Å²) in [5.41, 5.74) is 3.09. The Morgan fingerprint density at radius 1 is 1.12 bits per heavy atom. The highest BCUT2D eigenvalue weighted by atomic mass is 16.3. The van der Waals surface area contributed by atoms with Crippen LogP contribution in [0.5, 0.6) is 0 Å². The van der Waals surface area contributed by atoms with E-state index in [9.17, 15) is 4.79 Å². The first-order valence-corrected chi connectivity index (χ1v) is 8.09. The number of aliphatic hydroxyl groups excluding tert-OH is 1. The highest BCUT2D eigenvalue weighted by Gasteiger charge is 2.21. The van der Waals surface area contributed by atoms with Crippen molar-refractivity contribution >= 4 is 17.5 Å². The van der Waals surface area contributed by atoms with Crippen LogP contribution in [0, 0.1) is 6.92 Å². The number of pyridine rings is 1. The van der Waals surface area contributed by atoms with Crippen LogP contribution in [-0.4, -0.2) is 47.2 Å². The molecule has 2 aromatic rings. The van der Waals surface area contributed by atoms with E-state index in [1.54, 1.807) is 11.1 Å². The van der Waals surface area contributed by atoms with Gasteiger partial charge in [0.1, 0.15) is 5.82 Å². The Hall–Kier alpha value is -2.60. The van der Waals surface area contributed by atoms with Crippen molar-refractivity contribution in [2.24, 2.45) is 0 Å². The maximum Gasteiger partial charge on any atom is 0.323 e. The zero-order valence-corrected chi connectivity index (χ0v) is 13.8. The molecule has 0 aliphatic carbocycles. The zero-order chi connectivity index (χ0) is 16.9. The van der Waals surface area contributed by atoms with E-state index < -0.39 is 0 Å². The Kier molecular flexibility index (Phi) is 4.96. The number of aliphatic hydroxyl groups is 1. The van der Waals surface area contributed by atoms with Gasteiger partial charge in [-0.25, -0.2) is 9.78 Å². The van der Waals surface area contributed by atoms with E-state index in [4.69, 9.17) is 5.11 Å². The predicted octanol–water partition coefficient (Wildman–Crippen LogP) is 2.24. The Morgan fingerprint density at radius 3 is 2.42 bits per heavy atom. The predicted molar refractivity (Wildman–Crippen MR) is 94.1 cm³/mol. The van der Waals surface area contributed by atoms with Crippen molar-refractivity contribution in [3.05, 3.63) is 53.7 Å². The van der Waals surface area contributed by atoms with Gasteiger partial charge < -0.3 is 14.9 Å². The average molecular weight is 326 g/mol. The standard InChI is InChI=1S/C18H22N4O2/c1-14-2-7-17(19-12-14)20-18(24)22-10-8-21(9-11-22)16-5-3-15(13-23)4-6-16/h2-7,12,23H,8-11,13H2,1H3,(H,19,20,24). The van der Waals surface area contributed by atoms with Crippen molar-refractivity contribution in [1.82, 2.24) is 9.88 Å². The number of urea groups is 1. The molecule has 2 N–H and O–H groups in total.